The van der Waals surface area contributed by atoms with E-state index in [9.17, 15) is 4.79 Å². The van der Waals surface area contributed by atoms with Gasteiger partial charge in [0.2, 0.25) is 5.91 Å². The largest absolute Gasteiger partial charge is 0.492 e. The molecule has 0 aliphatic heterocycles. The number of hydrazine groups is 1. The highest BCUT2D eigenvalue weighted by atomic mass is 16.5. The number of rotatable bonds is 5. The lowest BCUT2D eigenvalue weighted by atomic mass is 9.94. The zero-order chi connectivity index (χ0) is 13.8. The second kappa shape index (κ2) is 5.87. The van der Waals surface area contributed by atoms with Gasteiger partial charge in [-0.1, -0.05) is 26.0 Å². The Bertz CT molecular complexity index is 397. The van der Waals surface area contributed by atoms with Crippen molar-refractivity contribution in [3.05, 3.63) is 29.8 Å². The molecule has 1 rings (SSSR count). The highest BCUT2D eigenvalue weighted by Crippen LogP contribution is 2.21. The Kier molecular flexibility index (Phi) is 4.73. The Morgan fingerprint density at radius 3 is 2.33 bits per heavy atom. The summed E-state index contributed by atoms with van der Waals surface area (Å²) in [5.41, 5.74) is 2.76. The van der Waals surface area contributed by atoms with E-state index in [1.807, 2.05) is 24.3 Å². The summed E-state index contributed by atoms with van der Waals surface area (Å²) < 4.78 is 5.61. The average Bonchev–Trinajstić information content (AvgIpc) is 2.35. The van der Waals surface area contributed by atoms with E-state index in [0.717, 1.165) is 5.75 Å². The van der Waals surface area contributed by atoms with Gasteiger partial charge in [0.05, 0.1) is 5.41 Å². The lowest BCUT2D eigenvalue weighted by Crippen LogP contribution is -2.44. The van der Waals surface area contributed by atoms with Gasteiger partial charge in [-0.25, -0.2) is 5.84 Å². The first-order valence-electron chi connectivity index (χ1n) is 6.10. The lowest BCUT2D eigenvalue weighted by Gasteiger charge is -2.22. The Morgan fingerprint density at radius 1 is 1.33 bits per heavy atom. The van der Waals surface area contributed by atoms with Gasteiger partial charge in [-0.05, 0) is 37.5 Å². The van der Waals surface area contributed by atoms with E-state index in [4.69, 9.17) is 10.6 Å². The van der Waals surface area contributed by atoms with Crippen LogP contribution in [-0.4, -0.2) is 12.5 Å². The van der Waals surface area contributed by atoms with Crippen molar-refractivity contribution in [3.63, 3.8) is 0 Å². The van der Waals surface area contributed by atoms with Crippen LogP contribution in [-0.2, 0) is 4.79 Å². The number of nitrogens with one attached hydrogen (secondary N) is 1. The van der Waals surface area contributed by atoms with Crippen LogP contribution in [0.2, 0.25) is 0 Å². The molecule has 4 heteroatoms. The molecule has 100 valence electrons. The smallest absolute Gasteiger partial charge is 0.242 e. The Balaban J connectivity index is 2.61. The summed E-state index contributed by atoms with van der Waals surface area (Å²) in [5.74, 6) is 6.15. The van der Waals surface area contributed by atoms with Gasteiger partial charge >= 0.3 is 0 Å². The number of hydrogen-bond donors (Lipinski definition) is 2. The van der Waals surface area contributed by atoms with Crippen molar-refractivity contribution in [2.45, 2.75) is 33.6 Å². The summed E-state index contributed by atoms with van der Waals surface area (Å²) in [4.78, 5) is 11.5. The van der Waals surface area contributed by atoms with Gasteiger partial charge in [-0.3, -0.25) is 10.2 Å². The quantitative estimate of drug-likeness (QED) is 0.478. The molecule has 3 N–H and O–H groups in total. The molecule has 0 atom stereocenters. The first-order valence-corrected chi connectivity index (χ1v) is 6.10. The van der Waals surface area contributed by atoms with Crippen molar-refractivity contribution in [1.29, 1.82) is 0 Å². The Morgan fingerprint density at radius 2 is 1.89 bits per heavy atom. The van der Waals surface area contributed by atoms with Gasteiger partial charge < -0.3 is 4.74 Å². The number of amides is 1. The fraction of sp³-hybridized carbons (Fsp3) is 0.500. The lowest BCUT2D eigenvalue weighted by molar-refractivity contribution is -0.130. The van der Waals surface area contributed by atoms with Crippen LogP contribution in [0.3, 0.4) is 0 Å². The van der Waals surface area contributed by atoms with E-state index in [0.29, 0.717) is 5.92 Å². The highest BCUT2D eigenvalue weighted by molar-refractivity contribution is 5.81. The third kappa shape index (κ3) is 3.74. The number of ether oxygens (including phenoxy) is 1. The number of nitrogens with two attached hydrogens (primary N) is 1. The molecular weight excluding hydrogens is 228 g/mol. The monoisotopic (exact) mass is 250 g/mol. The van der Waals surface area contributed by atoms with Crippen molar-refractivity contribution in [2.75, 3.05) is 6.61 Å². The first kappa shape index (κ1) is 14.5. The van der Waals surface area contributed by atoms with Crippen molar-refractivity contribution in [1.82, 2.24) is 5.43 Å². The van der Waals surface area contributed by atoms with Gasteiger partial charge in [0.1, 0.15) is 12.4 Å². The first-order chi connectivity index (χ1) is 8.36. The SMILES string of the molecule is CC(C)c1ccc(OCC(C)(C)C(=O)NN)cc1. The fourth-order valence-corrected chi connectivity index (χ4v) is 1.47. The molecule has 1 aromatic carbocycles. The summed E-state index contributed by atoms with van der Waals surface area (Å²) in [6.45, 7) is 8.15. The van der Waals surface area contributed by atoms with Crippen LogP contribution in [0.15, 0.2) is 24.3 Å². The van der Waals surface area contributed by atoms with E-state index < -0.39 is 5.41 Å². The van der Waals surface area contributed by atoms with Crippen LogP contribution >= 0.6 is 0 Å². The number of hydrogen-bond acceptors (Lipinski definition) is 3. The highest BCUT2D eigenvalue weighted by Gasteiger charge is 2.27. The normalized spacial score (nSPS) is 11.4. The van der Waals surface area contributed by atoms with Crippen molar-refractivity contribution < 1.29 is 9.53 Å². The minimum Gasteiger partial charge on any atom is -0.492 e. The fourth-order valence-electron chi connectivity index (χ4n) is 1.47. The molecule has 0 aliphatic rings. The van der Waals surface area contributed by atoms with Gasteiger partial charge in [0, 0.05) is 0 Å². The molecule has 0 heterocycles. The second-order valence-electron chi connectivity index (χ2n) is 5.37. The van der Waals surface area contributed by atoms with Crippen LogP contribution in [0.25, 0.3) is 0 Å². The Hall–Kier alpha value is -1.55. The van der Waals surface area contributed by atoms with Crippen LogP contribution in [0.5, 0.6) is 5.75 Å². The molecule has 1 aromatic rings. The van der Waals surface area contributed by atoms with Crippen LogP contribution < -0.4 is 16.0 Å². The topological polar surface area (TPSA) is 64.3 Å². The van der Waals surface area contributed by atoms with Crippen LogP contribution in [0.4, 0.5) is 0 Å². The van der Waals surface area contributed by atoms with Crippen LogP contribution in [0.1, 0.15) is 39.2 Å². The van der Waals surface area contributed by atoms with E-state index >= 15 is 0 Å². The van der Waals surface area contributed by atoms with Crippen LogP contribution in [0, 0.1) is 5.41 Å². The third-order valence-corrected chi connectivity index (χ3v) is 2.89. The minimum absolute atomic E-state index is 0.235. The molecule has 0 saturated heterocycles. The molecule has 0 aliphatic carbocycles. The van der Waals surface area contributed by atoms with Crippen molar-refractivity contribution in [3.8, 4) is 5.75 Å². The van der Waals surface area contributed by atoms with E-state index in [1.54, 1.807) is 13.8 Å². The van der Waals surface area contributed by atoms with E-state index in [-0.39, 0.29) is 12.5 Å². The minimum atomic E-state index is -0.647. The summed E-state index contributed by atoms with van der Waals surface area (Å²) in [6.07, 6.45) is 0. The summed E-state index contributed by atoms with van der Waals surface area (Å²) in [7, 11) is 0. The average molecular weight is 250 g/mol. The van der Waals surface area contributed by atoms with E-state index in [2.05, 4.69) is 19.3 Å². The molecular formula is C14H22N2O2. The standard InChI is InChI=1S/C14H22N2O2/c1-10(2)11-5-7-12(8-6-11)18-9-14(3,4)13(17)16-15/h5-8,10H,9,15H2,1-4H3,(H,16,17). The predicted molar refractivity (Wildman–Crippen MR) is 72.1 cm³/mol. The molecule has 0 unspecified atom stereocenters. The second-order valence-corrected chi connectivity index (χ2v) is 5.37. The molecule has 4 nitrogen and oxygen atoms in total. The Labute approximate surface area is 108 Å². The molecule has 0 bridgehead atoms. The zero-order valence-electron chi connectivity index (χ0n) is 11.5. The maximum atomic E-state index is 11.5. The van der Waals surface area contributed by atoms with Gasteiger partial charge in [-0.15, -0.1) is 0 Å². The molecule has 0 spiro atoms. The van der Waals surface area contributed by atoms with Crippen molar-refractivity contribution >= 4 is 5.91 Å². The third-order valence-electron chi connectivity index (χ3n) is 2.89. The van der Waals surface area contributed by atoms with Gasteiger partial charge in [0.15, 0.2) is 0 Å². The van der Waals surface area contributed by atoms with E-state index in [1.165, 1.54) is 5.56 Å². The molecule has 0 aromatic heterocycles. The van der Waals surface area contributed by atoms with Gasteiger partial charge in [-0.2, -0.15) is 0 Å². The molecule has 18 heavy (non-hydrogen) atoms. The summed E-state index contributed by atoms with van der Waals surface area (Å²) in [5, 5.41) is 0. The maximum Gasteiger partial charge on any atom is 0.242 e. The zero-order valence-corrected chi connectivity index (χ0v) is 11.5. The summed E-state index contributed by atoms with van der Waals surface area (Å²) >= 11 is 0. The number of carbonyl (C=O) groups is 1. The maximum absolute atomic E-state index is 11.5. The van der Waals surface area contributed by atoms with Crippen molar-refractivity contribution in [2.24, 2.45) is 11.3 Å². The molecule has 0 fully saturated rings. The number of benzene rings is 1. The summed E-state index contributed by atoms with van der Waals surface area (Å²) in [6, 6.07) is 7.92. The number of carbonyl (C=O) groups excluding carboxylic acids is 1. The molecule has 0 radical (unpaired) electrons. The molecule has 1 amide bonds. The predicted octanol–water partition coefficient (Wildman–Crippen LogP) is 2.20. The van der Waals surface area contributed by atoms with Gasteiger partial charge in [0.25, 0.3) is 0 Å². The molecule has 0 saturated carbocycles.